The van der Waals surface area contributed by atoms with Gasteiger partial charge in [0, 0.05) is 11.8 Å². The number of thiazole rings is 1. The van der Waals surface area contributed by atoms with Gasteiger partial charge < -0.3 is 5.32 Å². The summed E-state index contributed by atoms with van der Waals surface area (Å²) >= 11 is 1.20. The number of aryl methyl sites for hydroxylation is 1. The average Bonchev–Trinajstić information content (AvgIpc) is 3.14. The van der Waals surface area contributed by atoms with E-state index in [1.54, 1.807) is 23.6 Å². The second-order valence-corrected chi connectivity index (χ2v) is 8.80. The van der Waals surface area contributed by atoms with Gasteiger partial charge in [-0.3, -0.25) is 9.52 Å². The molecule has 28 heavy (non-hydrogen) atoms. The zero-order valence-corrected chi connectivity index (χ0v) is 17.0. The van der Waals surface area contributed by atoms with Gasteiger partial charge in [-0.25, -0.2) is 13.4 Å². The van der Waals surface area contributed by atoms with Gasteiger partial charge in [0.1, 0.15) is 0 Å². The molecule has 1 amide bonds. The second-order valence-electron chi connectivity index (χ2n) is 6.26. The molecule has 0 bridgehead atoms. The summed E-state index contributed by atoms with van der Waals surface area (Å²) in [7, 11) is -3.66. The first-order chi connectivity index (χ1) is 13.4. The summed E-state index contributed by atoms with van der Waals surface area (Å²) in [5.41, 5.74) is 1.72. The highest BCUT2D eigenvalue weighted by molar-refractivity contribution is 7.93. The van der Waals surface area contributed by atoms with Gasteiger partial charge in [0.15, 0.2) is 5.13 Å². The molecule has 3 aromatic rings. The number of anilines is 1. The summed E-state index contributed by atoms with van der Waals surface area (Å²) in [4.78, 5) is 16.6. The number of carbonyl (C=O) groups excluding carboxylic acids is 1. The van der Waals surface area contributed by atoms with E-state index < -0.39 is 10.0 Å². The van der Waals surface area contributed by atoms with Crippen molar-refractivity contribution in [3.8, 4) is 0 Å². The third kappa shape index (κ3) is 5.40. The fourth-order valence-corrected chi connectivity index (χ4v) is 4.64. The highest BCUT2D eigenvalue weighted by atomic mass is 32.2. The molecule has 1 unspecified atom stereocenters. The molecular weight excluding hydrogens is 394 g/mol. The Hall–Kier alpha value is -2.71. The summed E-state index contributed by atoms with van der Waals surface area (Å²) in [6, 6.07) is 17.8. The van der Waals surface area contributed by atoms with Crippen molar-refractivity contribution in [2.24, 2.45) is 0 Å². The molecule has 3 rings (SSSR count). The lowest BCUT2D eigenvalue weighted by Gasteiger charge is -2.13. The molecule has 1 heterocycles. The molecule has 0 aliphatic rings. The molecule has 0 fully saturated rings. The van der Waals surface area contributed by atoms with Crippen LogP contribution >= 0.6 is 11.3 Å². The molecule has 0 spiro atoms. The monoisotopic (exact) mass is 415 g/mol. The maximum Gasteiger partial charge on any atom is 0.263 e. The number of hydrogen-bond acceptors (Lipinski definition) is 5. The van der Waals surface area contributed by atoms with E-state index in [0.717, 1.165) is 5.56 Å². The number of benzene rings is 2. The Bertz CT molecular complexity index is 1020. The van der Waals surface area contributed by atoms with Gasteiger partial charge in [0.05, 0.1) is 16.6 Å². The predicted molar refractivity (Wildman–Crippen MR) is 111 cm³/mol. The number of nitrogens with one attached hydrogen (secondary N) is 2. The van der Waals surface area contributed by atoms with Gasteiger partial charge in [-0.15, -0.1) is 11.3 Å². The fraction of sp³-hybridized carbons (Fsp3) is 0.200. The van der Waals surface area contributed by atoms with Crippen LogP contribution in [-0.2, 0) is 21.2 Å². The standard InChI is InChI=1S/C20H21N3O3S2/c1-15(16-8-4-2-5-9-16)21-19(24)13-12-17-14-27-20(22-17)23-28(25,26)18-10-6-3-7-11-18/h2-11,14-15H,12-13H2,1H3,(H,21,24)(H,22,23). The Balaban J connectivity index is 1.53. The van der Waals surface area contributed by atoms with Crippen molar-refractivity contribution in [3.63, 3.8) is 0 Å². The first-order valence-electron chi connectivity index (χ1n) is 8.80. The zero-order chi connectivity index (χ0) is 20.0. The van der Waals surface area contributed by atoms with Crippen LogP contribution < -0.4 is 10.0 Å². The lowest BCUT2D eigenvalue weighted by molar-refractivity contribution is -0.121. The van der Waals surface area contributed by atoms with Gasteiger partial charge in [0.25, 0.3) is 10.0 Å². The normalized spacial score (nSPS) is 12.3. The number of rotatable bonds is 8. The molecule has 2 aromatic carbocycles. The van der Waals surface area contributed by atoms with Crippen molar-refractivity contribution in [2.75, 3.05) is 4.72 Å². The lowest BCUT2D eigenvalue weighted by Crippen LogP contribution is -2.26. The van der Waals surface area contributed by atoms with Crippen LogP contribution in [0.1, 0.15) is 30.6 Å². The van der Waals surface area contributed by atoms with E-state index in [4.69, 9.17) is 0 Å². The maximum absolute atomic E-state index is 12.3. The molecule has 2 N–H and O–H groups in total. The molecule has 0 saturated carbocycles. The first kappa shape index (κ1) is 20.0. The van der Waals surface area contributed by atoms with E-state index >= 15 is 0 Å². The van der Waals surface area contributed by atoms with Crippen LogP contribution in [0.3, 0.4) is 0 Å². The number of carbonyl (C=O) groups is 1. The van der Waals surface area contributed by atoms with Gasteiger partial charge in [-0.2, -0.15) is 0 Å². The predicted octanol–water partition coefficient (Wildman–Crippen LogP) is 3.75. The summed E-state index contributed by atoms with van der Waals surface area (Å²) in [5.74, 6) is -0.0734. The van der Waals surface area contributed by atoms with Crippen molar-refractivity contribution in [2.45, 2.75) is 30.7 Å². The number of nitrogens with zero attached hydrogens (tertiary/aromatic N) is 1. The largest absolute Gasteiger partial charge is 0.350 e. The van der Waals surface area contributed by atoms with Crippen molar-refractivity contribution in [1.29, 1.82) is 0 Å². The minimum atomic E-state index is -3.66. The third-order valence-corrected chi connectivity index (χ3v) is 6.40. The van der Waals surface area contributed by atoms with E-state index in [2.05, 4.69) is 15.0 Å². The van der Waals surface area contributed by atoms with Crippen LogP contribution in [0.15, 0.2) is 70.9 Å². The molecule has 0 aliphatic carbocycles. The Kier molecular flexibility index (Phi) is 6.43. The molecule has 1 atom stereocenters. The van der Waals surface area contributed by atoms with Crippen LogP contribution in [0.5, 0.6) is 0 Å². The minimum Gasteiger partial charge on any atom is -0.350 e. The Labute approximate surface area is 168 Å². The van der Waals surface area contributed by atoms with Gasteiger partial charge in [-0.05, 0) is 31.0 Å². The Morgan fingerprint density at radius 3 is 2.39 bits per heavy atom. The van der Waals surface area contributed by atoms with Crippen molar-refractivity contribution in [1.82, 2.24) is 10.3 Å². The topological polar surface area (TPSA) is 88.2 Å². The van der Waals surface area contributed by atoms with E-state index in [-0.39, 0.29) is 28.4 Å². The fourth-order valence-electron chi connectivity index (χ4n) is 2.62. The highest BCUT2D eigenvalue weighted by Gasteiger charge is 2.16. The SMILES string of the molecule is CC(NC(=O)CCc1csc(NS(=O)(=O)c2ccccc2)n1)c1ccccc1. The number of amides is 1. The van der Waals surface area contributed by atoms with Crippen LogP contribution in [-0.4, -0.2) is 19.3 Å². The van der Waals surface area contributed by atoms with E-state index in [0.29, 0.717) is 12.1 Å². The summed E-state index contributed by atoms with van der Waals surface area (Å²) in [6.07, 6.45) is 0.725. The number of aromatic nitrogens is 1. The molecular formula is C20H21N3O3S2. The van der Waals surface area contributed by atoms with Gasteiger partial charge in [-0.1, -0.05) is 48.5 Å². The van der Waals surface area contributed by atoms with Crippen LogP contribution in [0, 0.1) is 0 Å². The summed E-state index contributed by atoms with van der Waals surface area (Å²) in [5, 5.41) is 5.01. The van der Waals surface area contributed by atoms with Crippen LogP contribution in [0.2, 0.25) is 0 Å². The van der Waals surface area contributed by atoms with Crippen LogP contribution in [0.4, 0.5) is 5.13 Å². The molecule has 0 saturated heterocycles. The van der Waals surface area contributed by atoms with Gasteiger partial charge in [0.2, 0.25) is 5.91 Å². The Morgan fingerprint density at radius 1 is 1.07 bits per heavy atom. The van der Waals surface area contributed by atoms with E-state index in [1.807, 2.05) is 37.3 Å². The van der Waals surface area contributed by atoms with E-state index in [9.17, 15) is 13.2 Å². The molecule has 0 radical (unpaired) electrons. The summed E-state index contributed by atoms with van der Waals surface area (Å²) in [6.45, 7) is 1.94. The molecule has 1 aromatic heterocycles. The quantitative estimate of drug-likeness (QED) is 0.586. The lowest BCUT2D eigenvalue weighted by atomic mass is 10.1. The average molecular weight is 416 g/mol. The molecule has 6 nitrogen and oxygen atoms in total. The Morgan fingerprint density at radius 2 is 1.71 bits per heavy atom. The second kappa shape index (κ2) is 8.99. The number of sulfonamides is 1. The van der Waals surface area contributed by atoms with Crippen molar-refractivity contribution >= 4 is 32.4 Å². The van der Waals surface area contributed by atoms with Gasteiger partial charge >= 0.3 is 0 Å². The molecule has 146 valence electrons. The zero-order valence-electron chi connectivity index (χ0n) is 15.3. The smallest absolute Gasteiger partial charge is 0.263 e. The first-order valence-corrected chi connectivity index (χ1v) is 11.2. The number of hydrogen-bond donors (Lipinski definition) is 2. The van der Waals surface area contributed by atoms with Crippen molar-refractivity contribution < 1.29 is 13.2 Å². The highest BCUT2D eigenvalue weighted by Crippen LogP contribution is 2.21. The third-order valence-electron chi connectivity index (χ3n) is 4.11. The summed E-state index contributed by atoms with van der Waals surface area (Å²) < 4.78 is 27.1. The molecule has 8 heteroatoms. The van der Waals surface area contributed by atoms with E-state index in [1.165, 1.54) is 23.5 Å². The molecule has 0 aliphatic heterocycles. The van der Waals surface area contributed by atoms with Crippen molar-refractivity contribution in [3.05, 3.63) is 77.3 Å². The minimum absolute atomic E-state index is 0.0719. The van der Waals surface area contributed by atoms with Crippen LogP contribution in [0.25, 0.3) is 0 Å². The maximum atomic E-state index is 12.3.